The van der Waals surface area contributed by atoms with Gasteiger partial charge in [-0.1, -0.05) is 6.07 Å². The number of halogens is 3. The molecule has 1 aliphatic heterocycles. The Labute approximate surface area is 124 Å². The van der Waals surface area contributed by atoms with E-state index in [1.165, 1.54) is 4.90 Å². The number of nitrogens with two attached hydrogens (primary N) is 1. The molecule has 2 aromatic rings. The highest BCUT2D eigenvalue weighted by molar-refractivity contribution is 6.04. The van der Waals surface area contributed by atoms with Gasteiger partial charge in [-0.3, -0.25) is 9.69 Å². The van der Waals surface area contributed by atoms with Gasteiger partial charge in [0.05, 0.1) is 17.6 Å². The summed E-state index contributed by atoms with van der Waals surface area (Å²) in [5.41, 5.74) is 6.76. The summed E-state index contributed by atoms with van der Waals surface area (Å²) in [6, 6.07) is 5.04. The number of imidazole rings is 1. The summed E-state index contributed by atoms with van der Waals surface area (Å²) in [5, 5.41) is 0. The number of primary amides is 1. The van der Waals surface area contributed by atoms with Crippen LogP contribution in [0.4, 0.5) is 13.2 Å². The molecule has 118 valence electrons. The summed E-state index contributed by atoms with van der Waals surface area (Å²) in [6.07, 6.45) is -3.59. The maximum atomic E-state index is 12.4. The first-order chi connectivity index (χ1) is 10.3. The zero-order valence-electron chi connectivity index (χ0n) is 11.7. The van der Waals surface area contributed by atoms with Crippen molar-refractivity contribution in [2.75, 3.05) is 19.6 Å². The smallest absolute Gasteiger partial charge is 0.366 e. The van der Waals surface area contributed by atoms with E-state index >= 15 is 0 Å². The first kappa shape index (κ1) is 14.8. The standard InChI is InChI=1S/C14H15F3N4O/c15-14(16,17)7-21-5-4-8(6-21)13-19-10-3-1-2-9(12(18)22)11(10)20-13/h1-3,8H,4-7H2,(H2,18,22)(H,19,20). The highest BCUT2D eigenvalue weighted by atomic mass is 19.4. The Morgan fingerprint density at radius 2 is 2.23 bits per heavy atom. The number of aromatic nitrogens is 2. The fourth-order valence-corrected chi connectivity index (χ4v) is 2.90. The monoisotopic (exact) mass is 312 g/mol. The number of carbonyl (C=O) groups excluding carboxylic acids is 1. The van der Waals surface area contributed by atoms with Crippen molar-refractivity contribution < 1.29 is 18.0 Å². The minimum Gasteiger partial charge on any atom is -0.366 e. The molecular formula is C14H15F3N4O. The first-order valence-electron chi connectivity index (χ1n) is 6.91. The third-order valence-electron chi connectivity index (χ3n) is 3.86. The van der Waals surface area contributed by atoms with Gasteiger partial charge >= 0.3 is 6.18 Å². The maximum Gasteiger partial charge on any atom is 0.401 e. The van der Waals surface area contributed by atoms with Gasteiger partial charge in [-0.2, -0.15) is 13.2 Å². The van der Waals surface area contributed by atoms with Gasteiger partial charge in [-0.25, -0.2) is 4.98 Å². The predicted molar refractivity (Wildman–Crippen MR) is 74.5 cm³/mol. The SMILES string of the molecule is NC(=O)c1cccc2[nH]c(C3CCN(CC(F)(F)F)C3)nc12. The van der Waals surface area contributed by atoms with Crippen molar-refractivity contribution in [1.82, 2.24) is 14.9 Å². The van der Waals surface area contributed by atoms with E-state index in [9.17, 15) is 18.0 Å². The molecule has 1 saturated heterocycles. The molecule has 0 bridgehead atoms. The average Bonchev–Trinajstić information content (AvgIpc) is 3.01. The third kappa shape index (κ3) is 2.92. The topological polar surface area (TPSA) is 75.0 Å². The molecule has 2 heterocycles. The Morgan fingerprint density at radius 1 is 1.45 bits per heavy atom. The highest BCUT2D eigenvalue weighted by Gasteiger charge is 2.35. The van der Waals surface area contributed by atoms with Crippen LogP contribution in [0, 0.1) is 0 Å². The van der Waals surface area contributed by atoms with E-state index in [0.717, 1.165) is 0 Å². The predicted octanol–water partition coefficient (Wildman–Crippen LogP) is 2.01. The molecule has 0 spiro atoms. The second-order valence-corrected chi connectivity index (χ2v) is 5.52. The lowest BCUT2D eigenvalue weighted by molar-refractivity contribution is -0.143. The van der Waals surface area contributed by atoms with E-state index in [-0.39, 0.29) is 5.92 Å². The van der Waals surface area contributed by atoms with Crippen molar-refractivity contribution in [2.45, 2.75) is 18.5 Å². The quantitative estimate of drug-likeness (QED) is 0.910. The molecule has 1 amide bonds. The van der Waals surface area contributed by atoms with Crippen molar-refractivity contribution in [3.8, 4) is 0 Å². The Bertz CT molecular complexity index is 710. The fraction of sp³-hybridized carbons (Fsp3) is 0.429. The summed E-state index contributed by atoms with van der Waals surface area (Å²) >= 11 is 0. The Hall–Kier alpha value is -2.09. The zero-order valence-corrected chi connectivity index (χ0v) is 11.7. The van der Waals surface area contributed by atoms with Crippen LogP contribution in [0.5, 0.6) is 0 Å². The summed E-state index contributed by atoms with van der Waals surface area (Å²) in [5.74, 6) is -0.0716. The van der Waals surface area contributed by atoms with Crippen LogP contribution >= 0.6 is 0 Å². The molecule has 3 rings (SSSR count). The highest BCUT2D eigenvalue weighted by Crippen LogP contribution is 2.29. The number of aromatic amines is 1. The van der Waals surface area contributed by atoms with E-state index in [0.29, 0.717) is 41.9 Å². The normalized spacial score (nSPS) is 19.9. The fourth-order valence-electron chi connectivity index (χ4n) is 2.90. The minimum atomic E-state index is -4.19. The van der Waals surface area contributed by atoms with Gasteiger partial charge in [0, 0.05) is 12.5 Å². The lowest BCUT2D eigenvalue weighted by Gasteiger charge is -2.17. The molecule has 8 heteroatoms. The molecule has 22 heavy (non-hydrogen) atoms. The van der Waals surface area contributed by atoms with Gasteiger partial charge in [0.15, 0.2) is 0 Å². The van der Waals surface area contributed by atoms with Crippen molar-refractivity contribution in [2.24, 2.45) is 5.73 Å². The molecule has 1 atom stereocenters. The van der Waals surface area contributed by atoms with Gasteiger partial charge in [-0.05, 0) is 25.1 Å². The number of carbonyl (C=O) groups is 1. The molecule has 1 aliphatic rings. The summed E-state index contributed by atoms with van der Waals surface area (Å²) in [7, 11) is 0. The van der Waals surface area contributed by atoms with E-state index < -0.39 is 18.6 Å². The van der Waals surface area contributed by atoms with Crippen LogP contribution < -0.4 is 5.73 Å². The van der Waals surface area contributed by atoms with Gasteiger partial charge in [0.2, 0.25) is 0 Å². The number of fused-ring (bicyclic) bond motifs is 1. The summed E-state index contributed by atoms with van der Waals surface area (Å²) in [4.78, 5) is 20.2. The van der Waals surface area contributed by atoms with Crippen molar-refractivity contribution in [3.63, 3.8) is 0 Å². The Morgan fingerprint density at radius 3 is 2.91 bits per heavy atom. The number of amides is 1. The lowest BCUT2D eigenvalue weighted by Crippen LogP contribution is -2.32. The maximum absolute atomic E-state index is 12.4. The van der Waals surface area contributed by atoms with Crippen LogP contribution in [0.15, 0.2) is 18.2 Å². The van der Waals surface area contributed by atoms with Crippen molar-refractivity contribution in [3.05, 3.63) is 29.6 Å². The van der Waals surface area contributed by atoms with Crippen molar-refractivity contribution in [1.29, 1.82) is 0 Å². The third-order valence-corrected chi connectivity index (χ3v) is 3.86. The van der Waals surface area contributed by atoms with Crippen LogP contribution in [0.3, 0.4) is 0 Å². The number of rotatable bonds is 3. The molecule has 3 N–H and O–H groups in total. The number of benzene rings is 1. The minimum absolute atomic E-state index is 0.101. The number of hydrogen-bond acceptors (Lipinski definition) is 3. The number of nitrogens with zero attached hydrogens (tertiary/aromatic N) is 2. The molecule has 0 saturated carbocycles. The molecular weight excluding hydrogens is 297 g/mol. The van der Waals surface area contributed by atoms with Crippen molar-refractivity contribution >= 4 is 16.9 Å². The number of nitrogens with one attached hydrogen (secondary N) is 1. The Kier molecular flexibility index (Phi) is 3.56. The van der Waals surface area contributed by atoms with E-state index in [1.807, 2.05) is 0 Å². The molecule has 1 aromatic carbocycles. The molecule has 1 aromatic heterocycles. The van der Waals surface area contributed by atoms with Crippen LogP contribution in [-0.4, -0.2) is 46.6 Å². The number of likely N-dealkylation sites (tertiary alicyclic amines) is 1. The summed E-state index contributed by atoms with van der Waals surface area (Å²) in [6.45, 7) is -0.231. The van der Waals surface area contributed by atoms with Gasteiger partial charge < -0.3 is 10.7 Å². The van der Waals surface area contributed by atoms with E-state index in [4.69, 9.17) is 5.73 Å². The van der Waals surface area contributed by atoms with Crippen LogP contribution in [0.1, 0.15) is 28.5 Å². The van der Waals surface area contributed by atoms with Crippen LogP contribution in [0.25, 0.3) is 11.0 Å². The molecule has 0 aliphatic carbocycles. The first-order valence-corrected chi connectivity index (χ1v) is 6.91. The van der Waals surface area contributed by atoms with E-state index in [1.54, 1.807) is 18.2 Å². The molecule has 0 radical (unpaired) electrons. The second-order valence-electron chi connectivity index (χ2n) is 5.52. The van der Waals surface area contributed by atoms with Crippen LogP contribution in [-0.2, 0) is 0 Å². The van der Waals surface area contributed by atoms with Gasteiger partial charge in [0.25, 0.3) is 5.91 Å². The molecule has 1 unspecified atom stereocenters. The van der Waals surface area contributed by atoms with E-state index in [2.05, 4.69) is 9.97 Å². The number of alkyl halides is 3. The molecule has 5 nitrogen and oxygen atoms in total. The zero-order chi connectivity index (χ0) is 15.9. The molecule has 1 fully saturated rings. The second kappa shape index (κ2) is 5.28. The lowest BCUT2D eigenvalue weighted by atomic mass is 10.1. The average molecular weight is 312 g/mol. The number of hydrogen-bond donors (Lipinski definition) is 2. The van der Waals surface area contributed by atoms with Gasteiger partial charge in [-0.15, -0.1) is 0 Å². The summed E-state index contributed by atoms with van der Waals surface area (Å²) < 4.78 is 37.3. The Balaban J connectivity index is 1.83. The number of H-pyrrole nitrogens is 1. The van der Waals surface area contributed by atoms with Crippen LogP contribution in [0.2, 0.25) is 0 Å². The number of para-hydroxylation sites is 1. The largest absolute Gasteiger partial charge is 0.401 e. The van der Waals surface area contributed by atoms with Gasteiger partial charge in [0.1, 0.15) is 11.3 Å².